The highest BCUT2D eigenvalue weighted by Gasteiger charge is 2.19. The number of methoxy groups -OCH3 is 1. The number of carbonyl (C=O) groups excluding carboxylic acids is 1. The molecule has 0 radical (unpaired) electrons. The number of benzene rings is 2. The minimum absolute atomic E-state index is 0.414. The number of hydrogen-bond donors (Lipinski definition) is 1. The molecule has 0 amide bonds. The van der Waals surface area contributed by atoms with Gasteiger partial charge in [0.1, 0.15) is 4.88 Å². The average molecular weight is 390 g/mol. The van der Waals surface area contributed by atoms with Crippen LogP contribution in [-0.2, 0) is 11.8 Å². The Balaban J connectivity index is 1.62. The van der Waals surface area contributed by atoms with E-state index in [1.165, 1.54) is 18.4 Å². The zero-order valence-corrected chi connectivity index (χ0v) is 16.2. The number of nitrogens with zero attached hydrogens (tertiary/aromatic N) is 3. The number of nitrogens with one attached hydrogen (secondary N) is 1. The molecule has 140 valence electrons. The molecular weight excluding hydrogens is 372 g/mol. The summed E-state index contributed by atoms with van der Waals surface area (Å²) < 4.78 is 6.96. The maximum atomic E-state index is 12.1. The van der Waals surface area contributed by atoms with Crippen molar-refractivity contribution >= 4 is 39.6 Å². The molecule has 2 aromatic carbocycles. The van der Waals surface area contributed by atoms with E-state index < -0.39 is 5.97 Å². The van der Waals surface area contributed by atoms with Crippen molar-refractivity contribution in [1.29, 1.82) is 0 Å². The van der Waals surface area contributed by atoms with Crippen LogP contribution in [0.4, 0.5) is 5.13 Å². The average Bonchev–Trinajstić information content (AvgIpc) is 3.30. The molecule has 6 nitrogen and oxygen atoms in total. The van der Waals surface area contributed by atoms with Crippen LogP contribution in [0, 0.1) is 0 Å². The molecule has 2 heterocycles. The van der Waals surface area contributed by atoms with E-state index in [2.05, 4.69) is 32.2 Å². The van der Waals surface area contributed by atoms with Gasteiger partial charge in [-0.2, -0.15) is 5.10 Å². The van der Waals surface area contributed by atoms with E-state index in [0.717, 1.165) is 22.0 Å². The second-order valence-electron chi connectivity index (χ2n) is 6.14. The van der Waals surface area contributed by atoms with Crippen LogP contribution in [0.15, 0.2) is 65.9 Å². The Morgan fingerprint density at radius 2 is 1.93 bits per heavy atom. The molecule has 28 heavy (non-hydrogen) atoms. The first kappa shape index (κ1) is 17.9. The fourth-order valence-corrected chi connectivity index (χ4v) is 3.88. The number of thiazole rings is 1. The Morgan fingerprint density at radius 3 is 2.71 bits per heavy atom. The third-order valence-corrected chi connectivity index (χ3v) is 5.28. The molecule has 2 aromatic heterocycles. The lowest BCUT2D eigenvalue weighted by molar-refractivity contribution is 0.0607. The van der Waals surface area contributed by atoms with Crippen molar-refractivity contribution in [2.45, 2.75) is 0 Å². The van der Waals surface area contributed by atoms with Gasteiger partial charge in [0.05, 0.1) is 19.0 Å². The third-order valence-electron chi connectivity index (χ3n) is 4.34. The number of hydrazone groups is 1. The third kappa shape index (κ3) is 3.39. The molecule has 0 aliphatic carbocycles. The van der Waals surface area contributed by atoms with Crippen molar-refractivity contribution in [2.24, 2.45) is 12.1 Å². The van der Waals surface area contributed by atoms with Gasteiger partial charge >= 0.3 is 5.97 Å². The summed E-state index contributed by atoms with van der Waals surface area (Å²) in [6, 6.07) is 17.7. The van der Waals surface area contributed by atoms with Crippen LogP contribution in [0.1, 0.15) is 15.2 Å². The van der Waals surface area contributed by atoms with Crippen molar-refractivity contribution in [2.75, 3.05) is 12.5 Å². The second kappa shape index (κ2) is 7.66. The highest BCUT2D eigenvalue weighted by molar-refractivity contribution is 7.17. The maximum absolute atomic E-state index is 12.1. The zero-order chi connectivity index (χ0) is 19.5. The normalized spacial score (nSPS) is 11.2. The Bertz CT molecular complexity index is 1160. The summed E-state index contributed by atoms with van der Waals surface area (Å²) in [5, 5.41) is 5.96. The molecule has 0 aliphatic rings. The summed E-state index contributed by atoms with van der Waals surface area (Å²) in [6.07, 6.45) is 3.77. The number of para-hydroxylation sites is 1. The second-order valence-corrected chi connectivity index (χ2v) is 7.14. The molecule has 0 fully saturated rings. The fourth-order valence-electron chi connectivity index (χ4n) is 3.02. The van der Waals surface area contributed by atoms with Gasteiger partial charge in [-0.15, -0.1) is 0 Å². The van der Waals surface area contributed by atoms with Crippen molar-refractivity contribution < 1.29 is 9.53 Å². The summed E-state index contributed by atoms with van der Waals surface area (Å²) in [4.78, 5) is 17.1. The van der Waals surface area contributed by atoms with Gasteiger partial charge in [0.25, 0.3) is 0 Å². The van der Waals surface area contributed by atoms with Crippen molar-refractivity contribution in [1.82, 2.24) is 9.55 Å². The zero-order valence-electron chi connectivity index (χ0n) is 15.4. The first-order valence-electron chi connectivity index (χ1n) is 8.65. The highest BCUT2D eigenvalue weighted by atomic mass is 32.1. The lowest BCUT2D eigenvalue weighted by atomic mass is 10.1. The van der Waals surface area contributed by atoms with E-state index in [1.54, 1.807) is 6.21 Å². The van der Waals surface area contributed by atoms with Gasteiger partial charge in [-0.25, -0.2) is 9.78 Å². The summed E-state index contributed by atoms with van der Waals surface area (Å²) in [5.41, 5.74) is 6.51. The summed E-state index contributed by atoms with van der Waals surface area (Å²) >= 11 is 1.22. The number of anilines is 1. The fraction of sp³-hybridized carbons (Fsp3) is 0.0952. The molecule has 1 N–H and O–H groups in total. The SMILES string of the molecule is COC(=O)c1sc(N/N=C\c2cn(C)c3ccccc23)nc1-c1ccccc1. The van der Waals surface area contributed by atoms with Crippen LogP contribution in [0.2, 0.25) is 0 Å². The minimum atomic E-state index is -0.414. The van der Waals surface area contributed by atoms with Gasteiger partial charge in [0.2, 0.25) is 5.13 Å². The molecule has 7 heteroatoms. The van der Waals surface area contributed by atoms with Crippen LogP contribution >= 0.6 is 11.3 Å². The lowest BCUT2D eigenvalue weighted by Gasteiger charge is -1.99. The van der Waals surface area contributed by atoms with Gasteiger partial charge in [0.15, 0.2) is 0 Å². The van der Waals surface area contributed by atoms with Crippen molar-refractivity contribution in [3.8, 4) is 11.3 Å². The number of aryl methyl sites for hydroxylation is 1. The first-order valence-corrected chi connectivity index (χ1v) is 9.46. The quantitative estimate of drug-likeness (QED) is 0.309. The largest absolute Gasteiger partial charge is 0.465 e. The summed E-state index contributed by atoms with van der Waals surface area (Å²) in [6.45, 7) is 0. The Kier molecular flexibility index (Phi) is 4.90. The summed E-state index contributed by atoms with van der Waals surface area (Å²) in [5.74, 6) is -0.414. The number of ether oxygens (including phenoxy) is 1. The van der Waals surface area contributed by atoms with Gasteiger partial charge in [0, 0.05) is 35.3 Å². The smallest absolute Gasteiger partial charge is 0.350 e. The van der Waals surface area contributed by atoms with Crippen LogP contribution in [0.3, 0.4) is 0 Å². The first-order chi connectivity index (χ1) is 13.7. The predicted molar refractivity (Wildman–Crippen MR) is 113 cm³/mol. The molecule has 4 rings (SSSR count). The predicted octanol–water partition coefficient (Wildman–Crippen LogP) is 4.53. The van der Waals surface area contributed by atoms with Gasteiger partial charge in [-0.3, -0.25) is 5.43 Å². The van der Waals surface area contributed by atoms with Crippen molar-refractivity contribution in [3.05, 3.63) is 71.2 Å². The van der Waals surface area contributed by atoms with E-state index >= 15 is 0 Å². The Morgan fingerprint density at radius 1 is 1.18 bits per heavy atom. The minimum Gasteiger partial charge on any atom is -0.465 e. The molecule has 0 saturated carbocycles. The number of fused-ring (bicyclic) bond motifs is 1. The number of hydrogen-bond acceptors (Lipinski definition) is 6. The molecule has 0 aliphatic heterocycles. The highest BCUT2D eigenvalue weighted by Crippen LogP contribution is 2.31. The molecular formula is C21H18N4O2S. The summed E-state index contributed by atoms with van der Waals surface area (Å²) in [7, 11) is 3.37. The molecule has 0 atom stereocenters. The molecule has 0 bridgehead atoms. The van der Waals surface area contributed by atoms with Gasteiger partial charge in [-0.05, 0) is 6.07 Å². The van der Waals surface area contributed by atoms with E-state index in [9.17, 15) is 4.79 Å². The van der Waals surface area contributed by atoms with Crippen LogP contribution in [0.25, 0.3) is 22.2 Å². The Labute approximate surface area is 166 Å². The van der Waals surface area contributed by atoms with Crippen LogP contribution in [-0.4, -0.2) is 28.8 Å². The molecule has 0 unspecified atom stereocenters. The van der Waals surface area contributed by atoms with Gasteiger partial charge in [-0.1, -0.05) is 59.9 Å². The van der Waals surface area contributed by atoms with E-state index in [0.29, 0.717) is 15.7 Å². The Hall–Kier alpha value is -3.45. The van der Waals surface area contributed by atoms with Crippen molar-refractivity contribution in [3.63, 3.8) is 0 Å². The van der Waals surface area contributed by atoms with Gasteiger partial charge < -0.3 is 9.30 Å². The van der Waals surface area contributed by atoms with Crippen LogP contribution in [0.5, 0.6) is 0 Å². The topological polar surface area (TPSA) is 68.5 Å². The van der Waals surface area contributed by atoms with E-state index in [4.69, 9.17) is 4.74 Å². The maximum Gasteiger partial charge on any atom is 0.350 e. The van der Waals surface area contributed by atoms with E-state index in [1.807, 2.05) is 55.7 Å². The molecule has 4 aromatic rings. The number of rotatable bonds is 5. The van der Waals surface area contributed by atoms with Crippen LogP contribution < -0.4 is 5.43 Å². The molecule has 0 saturated heterocycles. The monoisotopic (exact) mass is 390 g/mol. The van der Waals surface area contributed by atoms with E-state index in [-0.39, 0.29) is 0 Å². The standard InChI is InChI=1S/C21H18N4O2S/c1-25-13-15(16-10-6-7-11-17(16)25)12-22-24-21-23-18(14-8-4-3-5-9-14)19(28-21)20(26)27-2/h3-13H,1-2H3,(H,23,24)/b22-12-. The lowest BCUT2D eigenvalue weighted by Crippen LogP contribution is -2.00. The number of carbonyl (C=O) groups is 1. The number of esters is 1. The number of aromatic nitrogens is 2. The molecule has 0 spiro atoms.